The third-order valence-electron chi connectivity index (χ3n) is 3.00. The summed E-state index contributed by atoms with van der Waals surface area (Å²) in [7, 11) is 0. The molecule has 0 heterocycles. The second-order valence-corrected chi connectivity index (χ2v) is 4.53. The van der Waals surface area contributed by atoms with Crippen molar-refractivity contribution in [3.8, 4) is 5.75 Å². The minimum absolute atomic E-state index is 0.216. The Bertz CT molecular complexity index is 328. The van der Waals surface area contributed by atoms with Crippen molar-refractivity contribution >= 4 is 0 Å². The third-order valence-corrected chi connectivity index (χ3v) is 3.00. The molecule has 1 rings (SSSR count). The highest BCUT2D eigenvalue weighted by Gasteiger charge is 2.04. The van der Waals surface area contributed by atoms with E-state index in [9.17, 15) is 0 Å². The zero-order valence-electron chi connectivity index (χ0n) is 11.6. The Balaban J connectivity index is 2.31. The predicted molar refractivity (Wildman–Crippen MR) is 75.1 cm³/mol. The van der Waals surface area contributed by atoms with Crippen molar-refractivity contribution < 1.29 is 9.84 Å². The lowest BCUT2D eigenvalue weighted by atomic mass is 10.2. The van der Waals surface area contributed by atoms with Crippen LogP contribution in [0.4, 0.5) is 0 Å². The van der Waals surface area contributed by atoms with Crippen molar-refractivity contribution in [1.29, 1.82) is 0 Å². The van der Waals surface area contributed by atoms with Crippen LogP contribution >= 0.6 is 0 Å². The first-order chi connectivity index (χ1) is 8.77. The van der Waals surface area contributed by atoms with Crippen molar-refractivity contribution in [1.82, 2.24) is 4.90 Å². The van der Waals surface area contributed by atoms with E-state index < -0.39 is 0 Å². The highest BCUT2D eigenvalue weighted by molar-refractivity contribution is 5.31. The van der Waals surface area contributed by atoms with Crippen molar-refractivity contribution in [2.24, 2.45) is 0 Å². The van der Waals surface area contributed by atoms with Gasteiger partial charge in [0.15, 0.2) is 0 Å². The fraction of sp³-hybridized carbons (Fsp3) is 0.600. The molecule has 0 radical (unpaired) electrons. The lowest BCUT2D eigenvalue weighted by molar-refractivity contribution is 0.166. The number of benzene rings is 1. The van der Waals surface area contributed by atoms with Gasteiger partial charge in [-0.15, -0.1) is 0 Å². The maximum Gasteiger partial charge on any atom is 0.122 e. The molecule has 0 aromatic heterocycles. The molecule has 0 aliphatic carbocycles. The molecule has 1 aromatic carbocycles. The lowest BCUT2D eigenvalue weighted by Crippen LogP contribution is -2.32. The largest absolute Gasteiger partial charge is 0.492 e. The number of rotatable bonds is 9. The molecule has 0 saturated carbocycles. The van der Waals surface area contributed by atoms with Crippen LogP contribution in [0.2, 0.25) is 0 Å². The minimum atomic E-state index is 0.216. The van der Waals surface area contributed by atoms with Gasteiger partial charge in [-0.2, -0.15) is 0 Å². The molecule has 1 N–H and O–H groups in total. The minimum Gasteiger partial charge on any atom is -0.492 e. The summed E-state index contributed by atoms with van der Waals surface area (Å²) in [6, 6.07) is 8.06. The van der Waals surface area contributed by atoms with Crippen LogP contribution in [0.3, 0.4) is 0 Å². The molecule has 0 aliphatic heterocycles. The third kappa shape index (κ3) is 5.52. The maximum atomic E-state index is 9.01. The number of aryl methyl sites for hydroxylation is 1. The lowest BCUT2D eigenvalue weighted by Gasteiger charge is -2.21. The van der Waals surface area contributed by atoms with Gasteiger partial charge in [0.05, 0.1) is 6.61 Å². The molecule has 0 bridgehead atoms. The summed E-state index contributed by atoms with van der Waals surface area (Å²) in [6.07, 6.45) is 2.35. The van der Waals surface area contributed by atoms with E-state index in [1.54, 1.807) is 0 Å². The average Bonchev–Trinajstić information content (AvgIpc) is 2.38. The molecule has 0 amide bonds. The fourth-order valence-corrected chi connectivity index (χ4v) is 1.86. The van der Waals surface area contributed by atoms with Gasteiger partial charge in [0.2, 0.25) is 0 Å². The molecule has 0 unspecified atom stereocenters. The quantitative estimate of drug-likeness (QED) is 0.732. The van der Waals surface area contributed by atoms with Crippen LogP contribution in [0.5, 0.6) is 5.75 Å². The highest BCUT2D eigenvalue weighted by atomic mass is 16.5. The van der Waals surface area contributed by atoms with E-state index in [0.29, 0.717) is 6.61 Å². The average molecular weight is 251 g/mol. The number of aliphatic hydroxyl groups excluding tert-OH is 1. The maximum absolute atomic E-state index is 9.01. The molecule has 102 valence electrons. The van der Waals surface area contributed by atoms with E-state index in [4.69, 9.17) is 9.84 Å². The number of nitrogens with zero attached hydrogens (tertiary/aromatic N) is 1. The van der Waals surface area contributed by atoms with Crippen LogP contribution in [0.15, 0.2) is 24.3 Å². The SMILES string of the molecule is CCCCN(CCO)CCOc1ccccc1C. The normalized spacial score (nSPS) is 10.9. The Kier molecular flexibility index (Phi) is 7.46. The standard InChI is InChI=1S/C15H25NO2/c1-3-4-9-16(10-12-17)11-13-18-15-8-6-5-7-14(15)2/h5-8,17H,3-4,9-13H2,1-2H3. The van der Waals surface area contributed by atoms with Gasteiger partial charge in [0.25, 0.3) is 0 Å². The number of ether oxygens (including phenoxy) is 1. The summed E-state index contributed by atoms with van der Waals surface area (Å²) >= 11 is 0. The van der Waals surface area contributed by atoms with Gasteiger partial charge in [-0.25, -0.2) is 0 Å². The van der Waals surface area contributed by atoms with Crippen LogP contribution in [0, 0.1) is 6.92 Å². The van der Waals surface area contributed by atoms with Gasteiger partial charge in [0.1, 0.15) is 12.4 Å². The van der Waals surface area contributed by atoms with E-state index in [-0.39, 0.29) is 6.61 Å². The highest BCUT2D eigenvalue weighted by Crippen LogP contribution is 2.15. The molecule has 18 heavy (non-hydrogen) atoms. The topological polar surface area (TPSA) is 32.7 Å². The van der Waals surface area contributed by atoms with Gasteiger partial charge in [-0.05, 0) is 31.5 Å². The van der Waals surface area contributed by atoms with Gasteiger partial charge in [-0.1, -0.05) is 31.5 Å². The van der Waals surface area contributed by atoms with Gasteiger partial charge < -0.3 is 9.84 Å². The summed E-state index contributed by atoms with van der Waals surface area (Å²) in [5.41, 5.74) is 1.17. The molecule has 0 aliphatic rings. The molecular formula is C15H25NO2. The van der Waals surface area contributed by atoms with Crippen molar-refractivity contribution in [3.63, 3.8) is 0 Å². The molecule has 0 fully saturated rings. The molecule has 3 heteroatoms. The van der Waals surface area contributed by atoms with Gasteiger partial charge in [0, 0.05) is 13.1 Å². The van der Waals surface area contributed by atoms with Crippen LogP contribution in [-0.2, 0) is 0 Å². The first-order valence-corrected chi connectivity index (χ1v) is 6.79. The van der Waals surface area contributed by atoms with Gasteiger partial charge in [-0.3, -0.25) is 4.90 Å². The molecule has 0 atom stereocenters. The van der Waals surface area contributed by atoms with Gasteiger partial charge >= 0.3 is 0 Å². The summed E-state index contributed by atoms with van der Waals surface area (Å²) in [5.74, 6) is 0.955. The second-order valence-electron chi connectivity index (χ2n) is 4.53. The number of hydrogen-bond donors (Lipinski definition) is 1. The Morgan fingerprint density at radius 1 is 1.17 bits per heavy atom. The van der Waals surface area contributed by atoms with Crippen molar-refractivity contribution in [3.05, 3.63) is 29.8 Å². The molecule has 0 spiro atoms. The van der Waals surface area contributed by atoms with E-state index in [1.807, 2.05) is 18.2 Å². The van der Waals surface area contributed by atoms with E-state index in [1.165, 1.54) is 18.4 Å². The number of unbranched alkanes of at least 4 members (excludes halogenated alkanes) is 1. The Morgan fingerprint density at radius 3 is 2.61 bits per heavy atom. The zero-order chi connectivity index (χ0) is 13.2. The molecule has 0 saturated heterocycles. The van der Waals surface area contributed by atoms with Crippen molar-refractivity contribution in [2.45, 2.75) is 26.7 Å². The summed E-state index contributed by atoms with van der Waals surface area (Å²) < 4.78 is 5.77. The Hall–Kier alpha value is -1.06. The predicted octanol–water partition coefficient (Wildman–Crippen LogP) is 2.47. The second kappa shape index (κ2) is 8.95. The first-order valence-electron chi connectivity index (χ1n) is 6.79. The zero-order valence-corrected chi connectivity index (χ0v) is 11.6. The van der Waals surface area contributed by atoms with Crippen LogP contribution in [-0.4, -0.2) is 42.9 Å². The Morgan fingerprint density at radius 2 is 1.94 bits per heavy atom. The smallest absolute Gasteiger partial charge is 0.122 e. The van der Waals surface area contributed by atoms with E-state index >= 15 is 0 Å². The summed E-state index contributed by atoms with van der Waals surface area (Å²) in [5, 5.41) is 9.01. The van der Waals surface area contributed by atoms with E-state index in [2.05, 4.69) is 24.8 Å². The molecule has 3 nitrogen and oxygen atoms in total. The molecule has 1 aromatic rings. The van der Waals surface area contributed by atoms with Crippen LogP contribution in [0.1, 0.15) is 25.3 Å². The number of aliphatic hydroxyl groups is 1. The number of para-hydroxylation sites is 1. The summed E-state index contributed by atoms with van der Waals surface area (Å²) in [4.78, 5) is 2.25. The monoisotopic (exact) mass is 251 g/mol. The van der Waals surface area contributed by atoms with Crippen molar-refractivity contribution in [2.75, 3.05) is 32.8 Å². The van der Waals surface area contributed by atoms with E-state index in [0.717, 1.165) is 25.4 Å². The molecular weight excluding hydrogens is 226 g/mol. The first kappa shape index (κ1) is 15.0. The number of hydrogen-bond acceptors (Lipinski definition) is 3. The fourth-order valence-electron chi connectivity index (χ4n) is 1.86. The summed E-state index contributed by atoms with van der Waals surface area (Å²) in [6.45, 7) is 7.77. The van der Waals surface area contributed by atoms with Crippen LogP contribution < -0.4 is 4.74 Å². The van der Waals surface area contributed by atoms with Crippen LogP contribution in [0.25, 0.3) is 0 Å². The Labute approximate surface area is 110 Å².